The first-order valence-corrected chi connectivity index (χ1v) is 4.79. The molecule has 0 saturated heterocycles. The van der Waals surface area contributed by atoms with Crippen molar-refractivity contribution in [2.45, 2.75) is 0 Å². The maximum absolute atomic E-state index is 13.2. The van der Waals surface area contributed by atoms with Gasteiger partial charge in [-0.25, -0.2) is 8.78 Å². The monoisotopic (exact) mass is 279 g/mol. The van der Waals surface area contributed by atoms with Crippen LogP contribution >= 0.6 is 15.9 Å². The van der Waals surface area contributed by atoms with Gasteiger partial charge in [-0.05, 0) is 22.0 Å². The van der Waals surface area contributed by atoms with Crippen molar-refractivity contribution in [3.8, 4) is 0 Å². The Kier molecular flexibility index (Phi) is 4.02. The molecule has 1 aromatic rings. The number of nitrogens with one attached hydrogen (secondary N) is 1. The highest BCUT2D eigenvalue weighted by Crippen LogP contribution is 2.26. The number of anilines is 1. The van der Waals surface area contributed by atoms with Crippen LogP contribution < -0.4 is 5.32 Å². The number of halogens is 3. The molecule has 0 aliphatic rings. The number of rotatable bonds is 3. The fourth-order valence-electron chi connectivity index (χ4n) is 0.944. The van der Waals surface area contributed by atoms with Crippen molar-refractivity contribution in [1.29, 1.82) is 0 Å². The van der Waals surface area contributed by atoms with E-state index in [-0.39, 0.29) is 16.7 Å². The molecule has 1 aromatic carbocycles. The lowest BCUT2D eigenvalue weighted by atomic mass is 10.3. The van der Waals surface area contributed by atoms with Crippen molar-refractivity contribution in [3.63, 3.8) is 0 Å². The number of hydrogen-bond acceptors (Lipinski definition) is 3. The molecule has 0 fully saturated rings. The van der Waals surface area contributed by atoms with Gasteiger partial charge in [0.05, 0.1) is 12.8 Å². The minimum absolute atomic E-state index is 0.0294. The average Bonchev–Trinajstić information content (AvgIpc) is 2.15. The SMILES string of the molecule is COC(=O)CNc1c(F)cc(F)cc1Br. The molecule has 1 rings (SSSR count). The molecule has 3 nitrogen and oxygen atoms in total. The van der Waals surface area contributed by atoms with Gasteiger partial charge in [-0.15, -0.1) is 0 Å². The van der Waals surface area contributed by atoms with Crippen molar-refractivity contribution in [2.75, 3.05) is 19.0 Å². The van der Waals surface area contributed by atoms with Crippen LogP contribution in [0.2, 0.25) is 0 Å². The third kappa shape index (κ3) is 3.16. The highest BCUT2D eigenvalue weighted by molar-refractivity contribution is 9.10. The van der Waals surface area contributed by atoms with E-state index in [9.17, 15) is 13.6 Å². The largest absolute Gasteiger partial charge is 0.468 e. The van der Waals surface area contributed by atoms with Gasteiger partial charge in [-0.3, -0.25) is 4.79 Å². The summed E-state index contributed by atoms with van der Waals surface area (Å²) >= 11 is 2.98. The number of carbonyl (C=O) groups excluding carboxylic acids is 1. The van der Waals surface area contributed by atoms with Crippen molar-refractivity contribution in [3.05, 3.63) is 28.2 Å². The van der Waals surface area contributed by atoms with Crippen molar-refractivity contribution in [1.82, 2.24) is 0 Å². The van der Waals surface area contributed by atoms with Gasteiger partial charge >= 0.3 is 5.97 Å². The van der Waals surface area contributed by atoms with Gasteiger partial charge in [-0.2, -0.15) is 0 Å². The molecule has 0 aliphatic carbocycles. The molecule has 0 saturated carbocycles. The Balaban J connectivity index is 2.81. The highest BCUT2D eigenvalue weighted by Gasteiger charge is 2.10. The zero-order valence-electron chi connectivity index (χ0n) is 7.81. The van der Waals surface area contributed by atoms with Crippen molar-refractivity contribution >= 4 is 27.6 Å². The number of ether oxygens (including phenoxy) is 1. The van der Waals surface area contributed by atoms with Gasteiger partial charge in [0.25, 0.3) is 0 Å². The molecule has 0 aromatic heterocycles. The fraction of sp³-hybridized carbons (Fsp3) is 0.222. The van der Waals surface area contributed by atoms with Gasteiger partial charge in [0.1, 0.15) is 18.2 Å². The maximum atomic E-state index is 13.2. The molecule has 0 atom stereocenters. The summed E-state index contributed by atoms with van der Waals surface area (Å²) in [6, 6.07) is 1.83. The first-order valence-electron chi connectivity index (χ1n) is 4.00. The second-order valence-electron chi connectivity index (χ2n) is 2.67. The molecule has 0 bridgehead atoms. The molecule has 0 heterocycles. The number of esters is 1. The number of benzene rings is 1. The molecular formula is C9H8BrF2NO2. The Morgan fingerprint density at radius 2 is 2.20 bits per heavy atom. The molecule has 0 amide bonds. The van der Waals surface area contributed by atoms with Crippen LogP contribution in [0.5, 0.6) is 0 Å². The van der Waals surface area contributed by atoms with Crippen molar-refractivity contribution in [2.24, 2.45) is 0 Å². The molecule has 0 radical (unpaired) electrons. The predicted octanol–water partition coefficient (Wildman–Crippen LogP) is 2.31. The zero-order valence-corrected chi connectivity index (χ0v) is 9.40. The number of carbonyl (C=O) groups is 1. The maximum Gasteiger partial charge on any atom is 0.325 e. The summed E-state index contributed by atoms with van der Waals surface area (Å²) in [5, 5.41) is 2.50. The van der Waals surface area contributed by atoms with Crippen LogP contribution in [0.4, 0.5) is 14.5 Å². The average molecular weight is 280 g/mol. The Labute approximate surface area is 93.5 Å². The Hall–Kier alpha value is -1.17. The lowest BCUT2D eigenvalue weighted by Gasteiger charge is -2.08. The van der Waals surface area contributed by atoms with E-state index in [2.05, 4.69) is 26.0 Å². The van der Waals surface area contributed by atoms with Crippen LogP contribution in [0.15, 0.2) is 16.6 Å². The molecule has 0 unspecified atom stereocenters. The normalized spacial score (nSPS) is 9.87. The van der Waals surface area contributed by atoms with Crippen LogP contribution in [0, 0.1) is 11.6 Å². The summed E-state index contributed by atoms with van der Waals surface area (Å²) in [5.41, 5.74) is 0.0294. The first kappa shape index (κ1) is 11.9. The summed E-state index contributed by atoms with van der Waals surface area (Å²) in [7, 11) is 1.22. The van der Waals surface area contributed by atoms with Gasteiger partial charge < -0.3 is 10.1 Å². The molecule has 82 valence electrons. The van der Waals surface area contributed by atoms with E-state index in [1.807, 2.05) is 0 Å². The smallest absolute Gasteiger partial charge is 0.325 e. The molecule has 0 spiro atoms. The lowest BCUT2D eigenvalue weighted by Crippen LogP contribution is -2.16. The standard InChI is InChI=1S/C9H8BrF2NO2/c1-15-8(14)4-13-9-6(10)2-5(11)3-7(9)12/h2-3,13H,4H2,1H3. The van der Waals surface area contributed by atoms with Gasteiger partial charge in [-0.1, -0.05) is 0 Å². The van der Waals surface area contributed by atoms with Crippen LogP contribution in [0.1, 0.15) is 0 Å². The molecular weight excluding hydrogens is 272 g/mol. The van der Waals surface area contributed by atoms with Crippen LogP contribution in [0.25, 0.3) is 0 Å². The third-order valence-electron chi connectivity index (χ3n) is 1.64. The quantitative estimate of drug-likeness (QED) is 0.863. The number of hydrogen-bond donors (Lipinski definition) is 1. The van der Waals surface area contributed by atoms with Gasteiger partial charge in [0.2, 0.25) is 0 Å². The van der Waals surface area contributed by atoms with E-state index < -0.39 is 17.6 Å². The summed E-state index contributed by atoms with van der Waals surface area (Å²) in [6.45, 7) is -0.183. The zero-order chi connectivity index (χ0) is 11.4. The van der Waals surface area contributed by atoms with E-state index in [0.29, 0.717) is 0 Å². The fourth-order valence-corrected chi connectivity index (χ4v) is 1.49. The topological polar surface area (TPSA) is 38.3 Å². The van der Waals surface area contributed by atoms with Crippen LogP contribution in [-0.2, 0) is 9.53 Å². The van der Waals surface area contributed by atoms with E-state index in [0.717, 1.165) is 12.1 Å². The molecule has 0 aliphatic heterocycles. The third-order valence-corrected chi connectivity index (χ3v) is 2.27. The molecule has 6 heteroatoms. The summed E-state index contributed by atoms with van der Waals surface area (Å²) < 4.78 is 30.4. The van der Waals surface area contributed by atoms with Crippen molar-refractivity contribution < 1.29 is 18.3 Å². The number of methoxy groups -OCH3 is 1. The second kappa shape index (κ2) is 5.06. The molecule has 15 heavy (non-hydrogen) atoms. The Morgan fingerprint density at radius 1 is 1.53 bits per heavy atom. The minimum Gasteiger partial charge on any atom is -0.468 e. The Bertz CT molecular complexity index is 361. The van der Waals surface area contributed by atoms with E-state index >= 15 is 0 Å². The van der Waals surface area contributed by atoms with Crippen LogP contribution in [0.3, 0.4) is 0 Å². The summed E-state index contributed by atoms with van der Waals surface area (Å²) in [4.78, 5) is 10.8. The molecule has 1 N–H and O–H groups in total. The van der Waals surface area contributed by atoms with Crippen LogP contribution in [-0.4, -0.2) is 19.6 Å². The van der Waals surface area contributed by atoms with Gasteiger partial charge in [0, 0.05) is 10.5 Å². The van der Waals surface area contributed by atoms with E-state index in [1.54, 1.807) is 0 Å². The van der Waals surface area contributed by atoms with Gasteiger partial charge in [0.15, 0.2) is 0 Å². The Morgan fingerprint density at radius 3 is 2.73 bits per heavy atom. The van der Waals surface area contributed by atoms with E-state index in [1.165, 1.54) is 7.11 Å². The van der Waals surface area contributed by atoms with E-state index in [4.69, 9.17) is 0 Å². The second-order valence-corrected chi connectivity index (χ2v) is 3.53. The summed E-state index contributed by atoms with van der Waals surface area (Å²) in [5.74, 6) is -2.00. The minimum atomic E-state index is -0.772. The first-order chi connectivity index (χ1) is 7.04. The lowest BCUT2D eigenvalue weighted by molar-refractivity contribution is -0.138. The summed E-state index contributed by atoms with van der Waals surface area (Å²) in [6.07, 6.45) is 0. The predicted molar refractivity (Wildman–Crippen MR) is 54.6 cm³/mol. The highest BCUT2D eigenvalue weighted by atomic mass is 79.9.